The highest BCUT2D eigenvalue weighted by molar-refractivity contribution is 5.94. The third kappa shape index (κ3) is 4.74. The standard InChI is InChI=1S/C31H26N4O2/c1-19-29(34-28-7-3-6-27(33-28)25-4-2-5-26(18-25)31(32)36)30(37-35-19)24-16-14-23(15-17-24)22-12-10-21(11-13-22)20-8-9-20/h2-7,10-18,20H,8-9H2,1H3,(H2,32,36)(H,33,34). The Balaban J connectivity index is 1.25. The fourth-order valence-corrected chi connectivity index (χ4v) is 4.52. The van der Waals surface area contributed by atoms with Crippen LogP contribution in [0.4, 0.5) is 11.5 Å². The van der Waals surface area contributed by atoms with Gasteiger partial charge in [0.2, 0.25) is 5.91 Å². The highest BCUT2D eigenvalue weighted by Gasteiger charge is 2.23. The van der Waals surface area contributed by atoms with Crippen LogP contribution in [0.3, 0.4) is 0 Å². The molecule has 37 heavy (non-hydrogen) atoms. The molecule has 1 amide bonds. The number of aryl methyl sites for hydroxylation is 1. The molecule has 0 spiro atoms. The molecule has 6 rings (SSSR count). The average Bonchev–Trinajstić information content (AvgIpc) is 3.73. The zero-order chi connectivity index (χ0) is 25.4. The van der Waals surface area contributed by atoms with Crippen LogP contribution < -0.4 is 11.1 Å². The van der Waals surface area contributed by atoms with Crippen LogP contribution >= 0.6 is 0 Å². The van der Waals surface area contributed by atoms with E-state index in [9.17, 15) is 4.79 Å². The zero-order valence-electron chi connectivity index (χ0n) is 20.4. The molecule has 1 aliphatic rings. The predicted molar refractivity (Wildman–Crippen MR) is 146 cm³/mol. The molecule has 2 aromatic heterocycles. The van der Waals surface area contributed by atoms with Crippen molar-refractivity contribution in [2.24, 2.45) is 5.73 Å². The minimum Gasteiger partial charge on any atom is -0.366 e. The summed E-state index contributed by atoms with van der Waals surface area (Å²) in [7, 11) is 0. The van der Waals surface area contributed by atoms with Crippen LogP contribution in [0.2, 0.25) is 0 Å². The van der Waals surface area contributed by atoms with Crippen molar-refractivity contribution in [1.29, 1.82) is 0 Å². The molecule has 6 heteroatoms. The van der Waals surface area contributed by atoms with E-state index < -0.39 is 5.91 Å². The largest absolute Gasteiger partial charge is 0.366 e. The highest BCUT2D eigenvalue weighted by Crippen LogP contribution is 2.40. The number of carbonyl (C=O) groups is 1. The Kier molecular flexibility index (Phi) is 5.77. The van der Waals surface area contributed by atoms with Gasteiger partial charge < -0.3 is 15.6 Å². The molecule has 1 fully saturated rings. The maximum atomic E-state index is 11.6. The number of nitrogens with two attached hydrogens (primary N) is 1. The summed E-state index contributed by atoms with van der Waals surface area (Å²) in [6, 6.07) is 30.0. The van der Waals surface area contributed by atoms with Gasteiger partial charge in [0.1, 0.15) is 17.2 Å². The molecule has 2 heterocycles. The highest BCUT2D eigenvalue weighted by atomic mass is 16.5. The van der Waals surface area contributed by atoms with Gasteiger partial charge in [-0.3, -0.25) is 4.79 Å². The van der Waals surface area contributed by atoms with Crippen LogP contribution in [-0.2, 0) is 0 Å². The van der Waals surface area contributed by atoms with Crippen LogP contribution in [-0.4, -0.2) is 16.0 Å². The number of anilines is 2. The van der Waals surface area contributed by atoms with Gasteiger partial charge in [0.05, 0.1) is 5.69 Å². The van der Waals surface area contributed by atoms with Crippen molar-refractivity contribution in [1.82, 2.24) is 10.1 Å². The Morgan fingerprint density at radius 3 is 2.24 bits per heavy atom. The second-order valence-corrected chi connectivity index (χ2v) is 9.42. The van der Waals surface area contributed by atoms with E-state index in [1.165, 1.54) is 24.0 Å². The van der Waals surface area contributed by atoms with E-state index in [-0.39, 0.29) is 0 Å². The van der Waals surface area contributed by atoms with E-state index in [2.05, 4.69) is 59.0 Å². The molecular formula is C31H26N4O2. The number of amides is 1. The SMILES string of the molecule is Cc1noc(-c2ccc(-c3ccc(C4CC4)cc3)cc2)c1Nc1cccc(-c2cccc(C(N)=O)c2)n1. The normalized spacial score (nSPS) is 12.9. The molecule has 6 nitrogen and oxygen atoms in total. The summed E-state index contributed by atoms with van der Waals surface area (Å²) in [5, 5.41) is 7.57. The van der Waals surface area contributed by atoms with Crippen molar-refractivity contribution in [2.75, 3.05) is 5.32 Å². The third-order valence-corrected chi connectivity index (χ3v) is 6.75. The maximum absolute atomic E-state index is 11.6. The summed E-state index contributed by atoms with van der Waals surface area (Å²) in [5.41, 5.74) is 13.6. The van der Waals surface area contributed by atoms with E-state index in [1.54, 1.807) is 18.2 Å². The summed E-state index contributed by atoms with van der Waals surface area (Å²) in [5.74, 6) is 1.58. The maximum Gasteiger partial charge on any atom is 0.248 e. The van der Waals surface area contributed by atoms with Crippen molar-refractivity contribution < 1.29 is 9.32 Å². The van der Waals surface area contributed by atoms with Crippen LogP contribution in [0.1, 0.15) is 40.4 Å². The van der Waals surface area contributed by atoms with E-state index in [0.717, 1.165) is 39.7 Å². The lowest BCUT2D eigenvalue weighted by atomic mass is 10.0. The number of rotatable bonds is 7. The lowest BCUT2D eigenvalue weighted by molar-refractivity contribution is 0.100. The fourth-order valence-electron chi connectivity index (χ4n) is 4.52. The first-order valence-corrected chi connectivity index (χ1v) is 12.4. The van der Waals surface area contributed by atoms with Gasteiger partial charge in [-0.25, -0.2) is 4.98 Å². The van der Waals surface area contributed by atoms with Gasteiger partial charge in [-0.05, 0) is 66.6 Å². The summed E-state index contributed by atoms with van der Waals surface area (Å²) in [6.07, 6.45) is 2.62. The van der Waals surface area contributed by atoms with Gasteiger partial charge in [-0.2, -0.15) is 0 Å². The number of pyridine rings is 1. The van der Waals surface area contributed by atoms with E-state index >= 15 is 0 Å². The van der Waals surface area contributed by atoms with Crippen molar-refractivity contribution in [2.45, 2.75) is 25.7 Å². The number of hydrogen-bond acceptors (Lipinski definition) is 5. The average molecular weight is 487 g/mol. The van der Waals surface area contributed by atoms with E-state index in [0.29, 0.717) is 17.1 Å². The predicted octanol–water partition coefficient (Wildman–Crippen LogP) is 7.10. The molecule has 0 radical (unpaired) electrons. The Morgan fingerprint density at radius 2 is 1.54 bits per heavy atom. The number of aromatic nitrogens is 2. The molecule has 182 valence electrons. The molecule has 0 saturated heterocycles. The van der Waals surface area contributed by atoms with Gasteiger partial charge in [-0.1, -0.05) is 71.9 Å². The van der Waals surface area contributed by atoms with Crippen LogP contribution in [0.5, 0.6) is 0 Å². The number of primary amides is 1. The number of nitrogens with one attached hydrogen (secondary N) is 1. The summed E-state index contributed by atoms with van der Waals surface area (Å²) in [4.78, 5) is 16.3. The molecule has 3 N–H and O–H groups in total. The summed E-state index contributed by atoms with van der Waals surface area (Å²) in [6.45, 7) is 1.89. The van der Waals surface area contributed by atoms with Crippen molar-refractivity contribution in [3.05, 3.63) is 108 Å². The smallest absolute Gasteiger partial charge is 0.248 e. The molecule has 0 bridgehead atoms. The number of carbonyl (C=O) groups excluding carboxylic acids is 1. The molecule has 3 aromatic carbocycles. The second kappa shape index (κ2) is 9.39. The zero-order valence-corrected chi connectivity index (χ0v) is 20.4. The number of benzene rings is 3. The van der Waals surface area contributed by atoms with Crippen molar-refractivity contribution >= 4 is 17.4 Å². The van der Waals surface area contributed by atoms with Crippen molar-refractivity contribution in [3.63, 3.8) is 0 Å². The third-order valence-electron chi connectivity index (χ3n) is 6.75. The minimum atomic E-state index is -0.470. The van der Waals surface area contributed by atoms with Crippen LogP contribution in [0.15, 0.2) is 95.5 Å². The summed E-state index contributed by atoms with van der Waals surface area (Å²) < 4.78 is 5.71. The first kappa shape index (κ1) is 22.7. The molecule has 1 aliphatic carbocycles. The van der Waals surface area contributed by atoms with E-state index in [4.69, 9.17) is 15.2 Å². The molecule has 0 unspecified atom stereocenters. The Morgan fingerprint density at radius 1 is 0.865 bits per heavy atom. The molecule has 1 saturated carbocycles. The van der Waals surface area contributed by atoms with Gasteiger partial charge in [0.25, 0.3) is 0 Å². The first-order valence-electron chi connectivity index (χ1n) is 12.4. The monoisotopic (exact) mass is 486 g/mol. The minimum absolute atomic E-state index is 0.442. The molecule has 0 aliphatic heterocycles. The van der Waals surface area contributed by atoms with Gasteiger partial charge >= 0.3 is 0 Å². The molecule has 5 aromatic rings. The van der Waals surface area contributed by atoms with Crippen molar-refractivity contribution in [3.8, 4) is 33.7 Å². The second-order valence-electron chi connectivity index (χ2n) is 9.42. The number of nitrogens with zero attached hydrogens (tertiary/aromatic N) is 2. The van der Waals surface area contributed by atoms with Gasteiger partial charge in [-0.15, -0.1) is 0 Å². The molecule has 0 atom stereocenters. The summed E-state index contributed by atoms with van der Waals surface area (Å²) >= 11 is 0. The van der Waals surface area contributed by atoms with Crippen LogP contribution in [0.25, 0.3) is 33.7 Å². The number of hydrogen-bond donors (Lipinski definition) is 2. The van der Waals surface area contributed by atoms with Crippen LogP contribution in [0, 0.1) is 6.92 Å². The topological polar surface area (TPSA) is 94.0 Å². The molecular weight excluding hydrogens is 460 g/mol. The lowest BCUT2D eigenvalue weighted by Crippen LogP contribution is -2.10. The first-order chi connectivity index (χ1) is 18.0. The Bertz CT molecular complexity index is 1580. The fraction of sp³-hybridized carbons (Fsp3) is 0.129. The Labute approximate surface area is 215 Å². The lowest BCUT2D eigenvalue weighted by Gasteiger charge is -2.09. The van der Waals surface area contributed by atoms with E-state index in [1.807, 2.05) is 31.2 Å². The van der Waals surface area contributed by atoms with Gasteiger partial charge in [0.15, 0.2) is 5.76 Å². The Hall–Kier alpha value is -4.71. The quantitative estimate of drug-likeness (QED) is 0.256. The van der Waals surface area contributed by atoms with Gasteiger partial charge in [0, 0.05) is 16.7 Å².